The molecule has 3 heterocycles. The van der Waals surface area contributed by atoms with E-state index in [-0.39, 0.29) is 17.1 Å². The third-order valence-electron chi connectivity index (χ3n) is 3.49. The van der Waals surface area contributed by atoms with E-state index in [1.54, 1.807) is 6.26 Å². The number of thioether (sulfide) groups is 1. The first kappa shape index (κ1) is 15.2. The number of imidazole rings is 1. The Hall–Kier alpha value is -1.66. The minimum absolute atomic E-state index is 0.0521. The number of nitrogens with zero attached hydrogens (tertiary/aromatic N) is 3. The first-order valence-corrected chi connectivity index (χ1v) is 7.64. The van der Waals surface area contributed by atoms with E-state index in [9.17, 15) is 20.1 Å². The summed E-state index contributed by atoms with van der Waals surface area (Å²) in [4.78, 5) is 22.4. The topological polar surface area (TPSA) is 160 Å². The Bertz CT molecular complexity index is 761. The van der Waals surface area contributed by atoms with Crippen LogP contribution >= 0.6 is 11.8 Å². The number of nitrogen functional groups attached to an aromatic ring is 1. The Morgan fingerprint density at radius 3 is 2.73 bits per heavy atom. The zero-order chi connectivity index (χ0) is 16.0. The van der Waals surface area contributed by atoms with Gasteiger partial charge in [-0.25, -0.2) is 4.98 Å². The van der Waals surface area contributed by atoms with Crippen LogP contribution in [-0.2, 0) is 4.74 Å². The molecule has 11 heteroatoms. The third kappa shape index (κ3) is 2.18. The van der Waals surface area contributed by atoms with Crippen molar-refractivity contribution in [3.8, 4) is 0 Å². The van der Waals surface area contributed by atoms with Crippen molar-refractivity contribution in [2.75, 3.05) is 18.6 Å². The van der Waals surface area contributed by atoms with Gasteiger partial charge in [0, 0.05) is 0 Å². The molecule has 2 aromatic heterocycles. The summed E-state index contributed by atoms with van der Waals surface area (Å²) >= 11 is 1.22. The molecule has 0 amide bonds. The highest BCUT2D eigenvalue weighted by Gasteiger charge is 2.45. The second-order valence-electron chi connectivity index (χ2n) is 4.82. The van der Waals surface area contributed by atoms with Crippen LogP contribution in [0.15, 0.2) is 9.95 Å². The van der Waals surface area contributed by atoms with Crippen LogP contribution in [0.3, 0.4) is 0 Å². The minimum Gasteiger partial charge on any atom is -0.394 e. The molecule has 1 fully saturated rings. The molecular weight excluding hydrogens is 314 g/mol. The highest BCUT2D eigenvalue weighted by atomic mass is 32.2. The van der Waals surface area contributed by atoms with E-state index in [2.05, 4.69) is 15.0 Å². The number of anilines is 1. The minimum atomic E-state index is -1.30. The fraction of sp³-hybridized carbons (Fsp3) is 0.545. The van der Waals surface area contributed by atoms with E-state index in [1.807, 2.05) is 0 Å². The van der Waals surface area contributed by atoms with E-state index >= 15 is 0 Å². The van der Waals surface area contributed by atoms with E-state index in [0.717, 1.165) is 0 Å². The third-order valence-corrected chi connectivity index (χ3v) is 4.14. The van der Waals surface area contributed by atoms with Crippen molar-refractivity contribution in [2.24, 2.45) is 0 Å². The lowest BCUT2D eigenvalue weighted by atomic mass is 10.1. The Morgan fingerprint density at radius 1 is 1.41 bits per heavy atom. The highest BCUT2D eigenvalue weighted by Crippen LogP contribution is 2.34. The molecule has 0 bridgehead atoms. The number of aromatic nitrogens is 4. The molecule has 2 aromatic rings. The van der Waals surface area contributed by atoms with Crippen molar-refractivity contribution in [1.82, 2.24) is 19.5 Å². The molecule has 0 saturated carbocycles. The lowest BCUT2D eigenvalue weighted by molar-refractivity contribution is -0.0548. The molecule has 3 rings (SSSR count). The molecule has 4 atom stereocenters. The molecule has 0 spiro atoms. The van der Waals surface area contributed by atoms with Crippen molar-refractivity contribution in [1.29, 1.82) is 0 Å². The van der Waals surface area contributed by atoms with Gasteiger partial charge in [0.1, 0.15) is 18.3 Å². The fourth-order valence-electron chi connectivity index (χ4n) is 2.45. The predicted molar refractivity (Wildman–Crippen MR) is 77.4 cm³/mol. The van der Waals surface area contributed by atoms with Crippen LogP contribution in [0.5, 0.6) is 0 Å². The molecule has 6 N–H and O–H groups in total. The van der Waals surface area contributed by atoms with Crippen molar-refractivity contribution in [3.63, 3.8) is 0 Å². The van der Waals surface area contributed by atoms with Gasteiger partial charge in [-0.2, -0.15) is 4.98 Å². The van der Waals surface area contributed by atoms with Crippen LogP contribution in [0.4, 0.5) is 5.95 Å². The first-order chi connectivity index (χ1) is 10.5. The summed E-state index contributed by atoms with van der Waals surface area (Å²) < 4.78 is 6.87. The van der Waals surface area contributed by atoms with Crippen molar-refractivity contribution < 1.29 is 20.1 Å². The molecule has 22 heavy (non-hydrogen) atoms. The summed E-state index contributed by atoms with van der Waals surface area (Å²) in [6.45, 7) is -0.452. The Kier molecular flexibility index (Phi) is 3.82. The van der Waals surface area contributed by atoms with Gasteiger partial charge in [0.2, 0.25) is 5.95 Å². The highest BCUT2D eigenvalue weighted by molar-refractivity contribution is 7.98. The first-order valence-electron chi connectivity index (χ1n) is 6.42. The second kappa shape index (κ2) is 5.52. The number of aromatic amines is 1. The largest absolute Gasteiger partial charge is 0.394 e. The number of nitrogens with two attached hydrogens (primary N) is 1. The average Bonchev–Trinajstić information content (AvgIpc) is 2.98. The zero-order valence-electron chi connectivity index (χ0n) is 11.5. The number of hydrogen-bond acceptors (Lipinski definition) is 9. The lowest BCUT2D eigenvalue weighted by Crippen LogP contribution is -2.33. The zero-order valence-corrected chi connectivity index (χ0v) is 12.3. The molecule has 1 saturated heterocycles. The molecule has 120 valence electrons. The summed E-state index contributed by atoms with van der Waals surface area (Å²) in [7, 11) is 0. The lowest BCUT2D eigenvalue weighted by Gasteiger charge is -2.18. The number of H-pyrrole nitrogens is 1. The van der Waals surface area contributed by atoms with Crippen LogP contribution < -0.4 is 11.3 Å². The van der Waals surface area contributed by atoms with E-state index < -0.39 is 36.7 Å². The Labute approximate surface area is 127 Å². The number of nitrogens with one attached hydrogen (secondary N) is 1. The van der Waals surface area contributed by atoms with Crippen molar-refractivity contribution in [3.05, 3.63) is 10.4 Å². The van der Waals surface area contributed by atoms with Gasteiger partial charge in [-0.3, -0.25) is 14.3 Å². The number of aliphatic hydroxyl groups excluding tert-OH is 3. The van der Waals surface area contributed by atoms with Crippen LogP contribution in [0.1, 0.15) is 6.23 Å². The maximum Gasteiger partial charge on any atom is 0.280 e. The molecular formula is C11H15N5O5S. The standard InChI is InChI=1S/C11H15N5O5S/c1-22-11-13-4-7(14-10(12)15-8(4)20)16(11)9-6(19)5(18)3(2-17)21-9/h3,5-6,9,17-19H,2H2,1H3,(H3,12,14,15,20)/t3-,5+,6-,9-/m0/s1. The SMILES string of the molecule is CSc1nc2c(=O)[nH]c(N)nc2n1[C@H]1O[C@@H](CO)[C@@H](O)[C@@H]1O. The summed E-state index contributed by atoms with van der Waals surface area (Å²) in [5.41, 5.74) is 5.23. The van der Waals surface area contributed by atoms with Gasteiger partial charge in [0.25, 0.3) is 5.56 Å². The summed E-state index contributed by atoms with van der Waals surface area (Å²) in [5, 5.41) is 29.6. The van der Waals surface area contributed by atoms with Gasteiger partial charge in [-0.05, 0) is 6.26 Å². The van der Waals surface area contributed by atoms with E-state index in [4.69, 9.17) is 10.5 Å². The smallest absolute Gasteiger partial charge is 0.280 e. The van der Waals surface area contributed by atoms with Gasteiger partial charge >= 0.3 is 0 Å². The molecule has 1 aliphatic rings. The van der Waals surface area contributed by atoms with Crippen LogP contribution in [0, 0.1) is 0 Å². The molecule has 0 aliphatic carbocycles. The van der Waals surface area contributed by atoms with Gasteiger partial charge in [0.15, 0.2) is 22.5 Å². The molecule has 10 nitrogen and oxygen atoms in total. The molecule has 0 aromatic carbocycles. The van der Waals surface area contributed by atoms with Gasteiger partial charge in [-0.15, -0.1) is 0 Å². The maximum atomic E-state index is 11.9. The Balaban J connectivity index is 2.20. The summed E-state index contributed by atoms with van der Waals surface area (Å²) in [6, 6.07) is 0. The van der Waals surface area contributed by atoms with Gasteiger partial charge < -0.3 is 25.8 Å². The Morgan fingerprint density at radius 2 is 2.14 bits per heavy atom. The fourth-order valence-corrected chi connectivity index (χ4v) is 3.02. The van der Waals surface area contributed by atoms with E-state index in [1.165, 1.54) is 16.3 Å². The van der Waals surface area contributed by atoms with Crippen LogP contribution in [0.25, 0.3) is 11.2 Å². The number of ether oxygens (including phenoxy) is 1. The number of fused-ring (bicyclic) bond motifs is 1. The number of rotatable bonds is 3. The quantitative estimate of drug-likeness (QED) is 0.403. The second-order valence-corrected chi connectivity index (χ2v) is 5.59. The van der Waals surface area contributed by atoms with Crippen LogP contribution in [0.2, 0.25) is 0 Å². The number of hydrogen-bond donors (Lipinski definition) is 5. The van der Waals surface area contributed by atoms with E-state index in [0.29, 0.717) is 5.16 Å². The summed E-state index contributed by atoms with van der Waals surface area (Å²) in [6.07, 6.45) is -2.81. The molecule has 1 aliphatic heterocycles. The van der Waals surface area contributed by atoms with Crippen molar-refractivity contribution >= 4 is 28.9 Å². The average molecular weight is 329 g/mol. The normalized spacial score (nSPS) is 28.5. The predicted octanol–water partition coefficient (Wildman–Crippen LogP) is -1.96. The number of aliphatic hydroxyl groups is 3. The van der Waals surface area contributed by atoms with Gasteiger partial charge in [0.05, 0.1) is 6.61 Å². The summed E-state index contributed by atoms with van der Waals surface area (Å²) in [5.74, 6) is -0.0990. The van der Waals surface area contributed by atoms with Crippen molar-refractivity contribution in [2.45, 2.75) is 29.7 Å². The van der Waals surface area contributed by atoms with Gasteiger partial charge in [-0.1, -0.05) is 11.8 Å². The molecule has 0 unspecified atom stereocenters. The van der Waals surface area contributed by atoms with Crippen LogP contribution in [-0.4, -0.2) is 66.0 Å². The monoisotopic (exact) mass is 329 g/mol. The maximum absolute atomic E-state index is 11.9. The molecule has 0 radical (unpaired) electrons.